The molecule has 3 atom stereocenters. The monoisotopic (exact) mass is 254 g/mol. The van der Waals surface area contributed by atoms with Crippen LogP contribution in [0.3, 0.4) is 0 Å². The molecule has 1 heterocycles. The Morgan fingerprint density at radius 1 is 1.44 bits per heavy atom. The highest BCUT2D eigenvalue weighted by molar-refractivity contribution is 5.79. The van der Waals surface area contributed by atoms with Gasteiger partial charge in [-0.05, 0) is 32.2 Å². The fourth-order valence-corrected chi connectivity index (χ4v) is 3.20. The second kappa shape index (κ2) is 6.53. The number of nitrogens with zero attached hydrogens (tertiary/aromatic N) is 1. The van der Waals surface area contributed by atoms with E-state index in [4.69, 9.17) is 10.5 Å². The number of carbonyl (C=O) groups is 1. The smallest absolute Gasteiger partial charge is 0.225 e. The predicted octanol–water partition coefficient (Wildman–Crippen LogP) is 1.53. The maximum atomic E-state index is 12.5. The van der Waals surface area contributed by atoms with E-state index in [9.17, 15) is 4.79 Å². The van der Waals surface area contributed by atoms with Crippen LogP contribution in [0.25, 0.3) is 0 Å². The van der Waals surface area contributed by atoms with Crippen LogP contribution in [0.2, 0.25) is 0 Å². The minimum Gasteiger partial charge on any atom is -0.374 e. The van der Waals surface area contributed by atoms with Crippen LogP contribution in [0.4, 0.5) is 0 Å². The first kappa shape index (κ1) is 13.8. The van der Waals surface area contributed by atoms with Gasteiger partial charge in [0.2, 0.25) is 5.91 Å². The van der Waals surface area contributed by atoms with Crippen molar-refractivity contribution in [1.29, 1.82) is 0 Å². The lowest BCUT2D eigenvalue weighted by Crippen LogP contribution is -2.56. The third kappa shape index (κ3) is 3.04. The van der Waals surface area contributed by atoms with E-state index in [0.717, 1.165) is 32.2 Å². The number of hydrogen-bond acceptors (Lipinski definition) is 3. The van der Waals surface area contributed by atoms with Crippen LogP contribution >= 0.6 is 0 Å². The van der Waals surface area contributed by atoms with Crippen molar-refractivity contribution in [1.82, 2.24) is 4.90 Å². The van der Waals surface area contributed by atoms with Gasteiger partial charge in [-0.15, -0.1) is 0 Å². The van der Waals surface area contributed by atoms with Crippen LogP contribution in [0.5, 0.6) is 0 Å². The molecule has 3 unspecified atom stereocenters. The van der Waals surface area contributed by atoms with Gasteiger partial charge < -0.3 is 15.4 Å². The van der Waals surface area contributed by atoms with Crippen LogP contribution in [-0.2, 0) is 9.53 Å². The Bertz CT molecular complexity index is 281. The van der Waals surface area contributed by atoms with Crippen LogP contribution in [0.1, 0.15) is 45.4 Å². The number of nitrogens with two attached hydrogens (primary N) is 1. The number of fused-ring (bicyclic) bond motifs is 1. The van der Waals surface area contributed by atoms with Crippen molar-refractivity contribution in [3.63, 3.8) is 0 Å². The highest BCUT2D eigenvalue weighted by atomic mass is 16.5. The van der Waals surface area contributed by atoms with Gasteiger partial charge in [-0.1, -0.05) is 19.8 Å². The van der Waals surface area contributed by atoms with Crippen LogP contribution < -0.4 is 5.73 Å². The minimum atomic E-state index is 0.106. The van der Waals surface area contributed by atoms with E-state index in [-0.39, 0.29) is 12.0 Å². The molecular weight excluding hydrogens is 228 g/mol. The number of amides is 1. The lowest BCUT2D eigenvalue weighted by atomic mass is 9.89. The molecule has 4 nitrogen and oxygen atoms in total. The molecule has 1 saturated heterocycles. The molecule has 2 N–H and O–H groups in total. The zero-order valence-corrected chi connectivity index (χ0v) is 11.4. The second-order valence-electron chi connectivity index (χ2n) is 5.62. The SMILES string of the molecule is CC(CCCN)C(=O)N1CCOC2CCCCC21. The van der Waals surface area contributed by atoms with Gasteiger partial charge in [0.1, 0.15) is 0 Å². The first-order valence-corrected chi connectivity index (χ1v) is 7.36. The lowest BCUT2D eigenvalue weighted by Gasteiger charge is -2.44. The Morgan fingerprint density at radius 2 is 2.22 bits per heavy atom. The molecule has 1 aliphatic heterocycles. The maximum Gasteiger partial charge on any atom is 0.225 e. The van der Waals surface area contributed by atoms with E-state index >= 15 is 0 Å². The van der Waals surface area contributed by atoms with Crippen molar-refractivity contribution >= 4 is 5.91 Å². The van der Waals surface area contributed by atoms with Crippen LogP contribution in [-0.4, -0.2) is 42.6 Å². The molecule has 1 amide bonds. The van der Waals surface area contributed by atoms with Crippen molar-refractivity contribution in [2.75, 3.05) is 19.7 Å². The summed E-state index contributed by atoms with van der Waals surface area (Å²) in [6.45, 7) is 4.18. The van der Waals surface area contributed by atoms with Crippen molar-refractivity contribution in [2.45, 2.75) is 57.6 Å². The molecule has 4 heteroatoms. The molecule has 0 aromatic heterocycles. The molecule has 2 rings (SSSR count). The summed E-state index contributed by atoms with van der Waals surface area (Å²) in [6, 6.07) is 0.334. The molecule has 0 spiro atoms. The molecule has 0 bridgehead atoms. The van der Waals surface area contributed by atoms with Crippen molar-refractivity contribution < 1.29 is 9.53 Å². The molecule has 2 aliphatic rings. The number of morpholine rings is 1. The molecule has 2 fully saturated rings. The highest BCUT2D eigenvalue weighted by Gasteiger charge is 2.37. The highest BCUT2D eigenvalue weighted by Crippen LogP contribution is 2.29. The van der Waals surface area contributed by atoms with Gasteiger partial charge in [-0.25, -0.2) is 0 Å². The third-order valence-corrected chi connectivity index (χ3v) is 4.28. The van der Waals surface area contributed by atoms with E-state index < -0.39 is 0 Å². The average Bonchev–Trinajstić information content (AvgIpc) is 2.43. The topological polar surface area (TPSA) is 55.6 Å². The van der Waals surface area contributed by atoms with E-state index in [1.165, 1.54) is 12.8 Å². The van der Waals surface area contributed by atoms with Crippen molar-refractivity contribution in [2.24, 2.45) is 11.7 Å². The molecule has 104 valence electrons. The van der Waals surface area contributed by atoms with E-state index in [1.54, 1.807) is 0 Å². The van der Waals surface area contributed by atoms with Gasteiger partial charge >= 0.3 is 0 Å². The molecule has 0 radical (unpaired) electrons. The van der Waals surface area contributed by atoms with Crippen molar-refractivity contribution in [3.05, 3.63) is 0 Å². The molecule has 0 aromatic carbocycles. The summed E-state index contributed by atoms with van der Waals surface area (Å²) in [4.78, 5) is 14.6. The Labute approximate surface area is 110 Å². The molecular formula is C14H26N2O2. The average molecular weight is 254 g/mol. The zero-order chi connectivity index (χ0) is 13.0. The summed E-state index contributed by atoms with van der Waals surface area (Å²) in [6.07, 6.45) is 6.83. The molecule has 1 saturated carbocycles. The van der Waals surface area contributed by atoms with Gasteiger partial charge in [-0.3, -0.25) is 4.79 Å². The van der Waals surface area contributed by atoms with Gasteiger partial charge in [0.05, 0.1) is 18.8 Å². The minimum absolute atomic E-state index is 0.106. The van der Waals surface area contributed by atoms with Crippen LogP contribution in [0.15, 0.2) is 0 Å². The van der Waals surface area contributed by atoms with E-state index in [0.29, 0.717) is 25.1 Å². The molecule has 0 aromatic rings. The Hall–Kier alpha value is -0.610. The number of rotatable bonds is 4. The second-order valence-corrected chi connectivity index (χ2v) is 5.62. The van der Waals surface area contributed by atoms with Crippen molar-refractivity contribution in [3.8, 4) is 0 Å². The fraction of sp³-hybridized carbons (Fsp3) is 0.929. The summed E-state index contributed by atoms with van der Waals surface area (Å²) in [5.41, 5.74) is 5.52. The predicted molar refractivity (Wildman–Crippen MR) is 71.2 cm³/mol. The Morgan fingerprint density at radius 3 is 3.00 bits per heavy atom. The van der Waals surface area contributed by atoms with Gasteiger partial charge in [0.25, 0.3) is 0 Å². The quantitative estimate of drug-likeness (QED) is 0.828. The largest absolute Gasteiger partial charge is 0.374 e. The summed E-state index contributed by atoms with van der Waals surface area (Å²) in [7, 11) is 0. The molecule has 18 heavy (non-hydrogen) atoms. The van der Waals surface area contributed by atoms with Gasteiger partial charge in [-0.2, -0.15) is 0 Å². The standard InChI is InChI=1S/C14H26N2O2/c1-11(5-4-8-15)14(17)16-9-10-18-13-7-3-2-6-12(13)16/h11-13H,2-10,15H2,1H3. The normalized spacial score (nSPS) is 29.8. The first-order chi connectivity index (χ1) is 8.74. The number of carbonyl (C=O) groups excluding carboxylic acids is 1. The molecule has 1 aliphatic carbocycles. The first-order valence-electron chi connectivity index (χ1n) is 7.36. The summed E-state index contributed by atoms with van der Waals surface area (Å²) < 4.78 is 5.81. The van der Waals surface area contributed by atoms with Gasteiger partial charge in [0.15, 0.2) is 0 Å². The van der Waals surface area contributed by atoms with E-state index in [1.807, 2.05) is 6.92 Å². The third-order valence-electron chi connectivity index (χ3n) is 4.28. The summed E-state index contributed by atoms with van der Waals surface area (Å²) >= 11 is 0. The summed E-state index contributed by atoms with van der Waals surface area (Å²) in [5, 5.41) is 0. The fourth-order valence-electron chi connectivity index (χ4n) is 3.20. The number of hydrogen-bond donors (Lipinski definition) is 1. The summed E-state index contributed by atoms with van der Waals surface area (Å²) in [5.74, 6) is 0.415. The maximum absolute atomic E-state index is 12.5. The van der Waals surface area contributed by atoms with Crippen LogP contribution in [0, 0.1) is 5.92 Å². The Kier molecular flexibility index (Phi) is 5.01. The van der Waals surface area contributed by atoms with Gasteiger partial charge in [0, 0.05) is 12.5 Å². The number of ether oxygens (including phenoxy) is 1. The zero-order valence-electron chi connectivity index (χ0n) is 11.4. The Balaban J connectivity index is 1.95. The van der Waals surface area contributed by atoms with E-state index in [2.05, 4.69) is 4.90 Å². The lowest BCUT2D eigenvalue weighted by molar-refractivity contribution is -0.153.